The van der Waals surface area contributed by atoms with Crippen LogP contribution in [0, 0.1) is 0 Å². The molecule has 0 aliphatic carbocycles. The third-order valence-electron chi connectivity index (χ3n) is 1.43. The first kappa shape index (κ1) is 9.51. The highest BCUT2D eigenvalue weighted by Gasteiger charge is 2.13. The summed E-state index contributed by atoms with van der Waals surface area (Å²) in [5.74, 6) is -1.14. The minimum Gasteiger partial charge on any atom is -0.462 e. The predicted molar refractivity (Wildman–Crippen MR) is 44.9 cm³/mol. The summed E-state index contributed by atoms with van der Waals surface area (Å²) < 4.78 is 4.78. The van der Waals surface area contributed by atoms with Gasteiger partial charge in [-0.1, -0.05) is 6.92 Å². The second-order valence-electron chi connectivity index (χ2n) is 2.49. The normalized spacial score (nSPS) is 9.62. The molecule has 0 saturated carbocycles. The van der Waals surface area contributed by atoms with Crippen molar-refractivity contribution in [2.45, 2.75) is 13.3 Å². The molecule has 4 heteroatoms. The molecule has 0 bridgehead atoms. The highest BCUT2D eigenvalue weighted by atomic mass is 16.5. The lowest BCUT2D eigenvalue weighted by Crippen LogP contribution is -2.06. The van der Waals surface area contributed by atoms with Crippen LogP contribution in [0.2, 0.25) is 0 Å². The minimum atomic E-state index is -0.597. The van der Waals surface area contributed by atoms with Crippen LogP contribution in [0.4, 0.5) is 0 Å². The number of carbonyl (C=O) groups is 1. The number of hydrogen-bond donors (Lipinski definition) is 0. The summed E-state index contributed by atoms with van der Waals surface area (Å²) in [7, 11) is 0. The molecule has 1 rings (SSSR count). The molecule has 0 N–H and O–H groups in total. The van der Waals surface area contributed by atoms with Gasteiger partial charge in [-0.3, -0.25) is 5.11 Å². The zero-order valence-corrected chi connectivity index (χ0v) is 7.32. The summed E-state index contributed by atoms with van der Waals surface area (Å²) >= 11 is 0. The summed E-state index contributed by atoms with van der Waals surface area (Å²) in [5.41, 5.74) is -0.00375. The Kier molecular flexibility index (Phi) is 3.25. The Bertz CT molecular complexity index is 299. The second-order valence-corrected chi connectivity index (χ2v) is 2.49. The average molecular weight is 180 g/mol. The number of nitrogens with zero attached hydrogens (tertiary/aromatic N) is 1. The first-order valence-corrected chi connectivity index (χ1v) is 4.05. The Morgan fingerprint density at radius 1 is 1.62 bits per heavy atom. The number of carbonyl (C=O) groups excluding carboxylic acids is 1. The maximum atomic E-state index is 11.2. The topological polar surface area (TPSA) is 59.1 Å². The van der Waals surface area contributed by atoms with E-state index in [1.165, 1.54) is 18.3 Å². The maximum Gasteiger partial charge on any atom is 0.343 e. The largest absolute Gasteiger partial charge is 0.462 e. The summed E-state index contributed by atoms with van der Waals surface area (Å²) in [5, 5.41) is 11.0. The van der Waals surface area contributed by atoms with Gasteiger partial charge >= 0.3 is 5.97 Å². The standard InChI is InChI=1S/C9H10NO3/c1-2-6-13-9(12)7-4-3-5-10-8(7)11/h3-5H,2,6H2,1H3. The van der Waals surface area contributed by atoms with Gasteiger partial charge in [-0.2, -0.15) is 0 Å². The number of aromatic nitrogens is 1. The number of ether oxygens (including phenoxy) is 1. The van der Waals surface area contributed by atoms with Crippen LogP contribution in [0.15, 0.2) is 18.3 Å². The molecule has 1 aromatic rings. The Labute approximate surface area is 76.2 Å². The smallest absolute Gasteiger partial charge is 0.343 e. The molecule has 13 heavy (non-hydrogen) atoms. The summed E-state index contributed by atoms with van der Waals surface area (Å²) in [6.45, 7) is 2.21. The fourth-order valence-electron chi connectivity index (χ4n) is 0.819. The van der Waals surface area contributed by atoms with E-state index in [1.807, 2.05) is 6.92 Å². The van der Waals surface area contributed by atoms with Crippen molar-refractivity contribution in [2.24, 2.45) is 0 Å². The van der Waals surface area contributed by atoms with Gasteiger partial charge in [0.25, 0.3) is 5.88 Å². The van der Waals surface area contributed by atoms with Crippen LogP contribution in [-0.4, -0.2) is 17.6 Å². The van der Waals surface area contributed by atoms with Crippen molar-refractivity contribution < 1.29 is 14.6 Å². The van der Waals surface area contributed by atoms with Gasteiger partial charge < -0.3 is 4.74 Å². The van der Waals surface area contributed by atoms with Crippen molar-refractivity contribution >= 4 is 5.97 Å². The van der Waals surface area contributed by atoms with Gasteiger partial charge in [0, 0.05) is 6.20 Å². The number of pyridine rings is 1. The SMILES string of the molecule is CCCOC(=O)c1cccnc1[O]. The fraction of sp³-hybridized carbons (Fsp3) is 0.333. The quantitative estimate of drug-likeness (QED) is 0.666. The monoisotopic (exact) mass is 180 g/mol. The lowest BCUT2D eigenvalue weighted by molar-refractivity contribution is 0.0498. The molecule has 4 nitrogen and oxygen atoms in total. The van der Waals surface area contributed by atoms with Crippen molar-refractivity contribution in [3.63, 3.8) is 0 Å². The Hall–Kier alpha value is -1.58. The van der Waals surface area contributed by atoms with E-state index in [0.29, 0.717) is 6.61 Å². The molecule has 0 atom stereocenters. The summed E-state index contributed by atoms with van der Waals surface area (Å²) in [6, 6.07) is 2.94. The zero-order valence-electron chi connectivity index (χ0n) is 7.32. The van der Waals surface area contributed by atoms with Gasteiger partial charge in [-0.25, -0.2) is 9.78 Å². The lowest BCUT2D eigenvalue weighted by Gasteiger charge is -2.01. The van der Waals surface area contributed by atoms with Crippen LogP contribution in [0.5, 0.6) is 5.88 Å². The predicted octanol–water partition coefficient (Wildman–Crippen LogP) is 1.79. The molecule has 0 saturated heterocycles. The fourth-order valence-corrected chi connectivity index (χ4v) is 0.819. The third-order valence-corrected chi connectivity index (χ3v) is 1.43. The van der Waals surface area contributed by atoms with Crippen LogP contribution >= 0.6 is 0 Å². The van der Waals surface area contributed by atoms with Crippen molar-refractivity contribution in [1.82, 2.24) is 4.98 Å². The Morgan fingerprint density at radius 2 is 2.38 bits per heavy atom. The zero-order chi connectivity index (χ0) is 9.68. The van der Waals surface area contributed by atoms with Gasteiger partial charge in [-0.15, -0.1) is 0 Å². The molecular formula is C9H10NO3. The molecule has 0 unspecified atom stereocenters. The molecule has 0 aliphatic rings. The molecule has 0 spiro atoms. The van der Waals surface area contributed by atoms with E-state index in [-0.39, 0.29) is 5.56 Å². The van der Waals surface area contributed by atoms with Crippen molar-refractivity contribution in [1.29, 1.82) is 0 Å². The molecule has 69 valence electrons. The summed E-state index contributed by atoms with van der Waals surface area (Å²) in [4.78, 5) is 14.6. The van der Waals surface area contributed by atoms with E-state index >= 15 is 0 Å². The average Bonchev–Trinajstić information content (AvgIpc) is 2.15. The van der Waals surface area contributed by atoms with Gasteiger partial charge in [-0.05, 0) is 18.6 Å². The molecule has 0 aliphatic heterocycles. The third kappa shape index (κ3) is 2.43. The van der Waals surface area contributed by atoms with E-state index in [4.69, 9.17) is 4.74 Å². The number of esters is 1. The lowest BCUT2D eigenvalue weighted by atomic mass is 10.3. The van der Waals surface area contributed by atoms with Crippen molar-refractivity contribution in [3.8, 4) is 5.88 Å². The van der Waals surface area contributed by atoms with Gasteiger partial charge in [0.05, 0.1) is 6.61 Å². The van der Waals surface area contributed by atoms with Crippen molar-refractivity contribution in [3.05, 3.63) is 23.9 Å². The highest BCUT2D eigenvalue weighted by molar-refractivity contribution is 5.91. The van der Waals surface area contributed by atoms with Crippen LogP contribution in [0.3, 0.4) is 0 Å². The highest BCUT2D eigenvalue weighted by Crippen LogP contribution is 2.13. The van der Waals surface area contributed by atoms with Crippen LogP contribution in [-0.2, 0) is 9.84 Å². The van der Waals surface area contributed by atoms with Crippen molar-refractivity contribution in [2.75, 3.05) is 6.61 Å². The second kappa shape index (κ2) is 4.45. The van der Waals surface area contributed by atoms with Gasteiger partial charge in [0.15, 0.2) is 0 Å². The van der Waals surface area contributed by atoms with E-state index in [0.717, 1.165) is 6.42 Å². The Balaban J connectivity index is 2.71. The van der Waals surface area contributed by atoms with Gasteiger partial charge in [0.1, 0.15) is 5.56 Å². The molecule has 1 radical (unpaired) electrons. The molecule has 0 aromatic carbocycles. The number of hydrogen-bond acceptors (Lipinski definition) is 3. The molecule has 1 heterocycles. The van der Waals surface area contributed by atoms with E-state index in [9.17, 15) is 9.90 Å². The first-order chi connectivity index (χ1) is 6.25. The van der Waals surface area contributed by atoms with E-state index in [1.54, 1.807) is 0 Å². The molecule has 0 fully saturated rings. The van der Waals surface area contributed by atoms with E-state index < -0.39 is 11.8 Å². The van der Waals surface area contributed by atoms with E-state index in [2.05, 4.69) is 4.98 Å². The van der Waals surface area contributed by atoms with Crippen LogP contribution in [0.25, 0.3) is 0 Å². The molecular weight excluding hydrogens is 170 g/mol. The first-order valence-electron chi connectivity index (χ1n) is 4.05. The van der Waals surface area contributed by atoms with Crippen LogP contribution in [0.1, 0.15) is 23.7 Å². The number of rotatable bonds is 3. The maximum absolute atomic E-state index is 11.2. The van der Waals surface area contributed by atoms with Crippen LogP contribution < -0.4 is 0 Å². The Morgan fingerprint density at radius 3 is 3.00 bits per heavy atom. The van der Waals surface area contributed by atoms with Gasteiger partial charge in [0.2, 0.25) is 0 Å². The molecule has 1 aromatic heterocycles. The summed E-state index contributed by atoms with van der Waals surface area (Å²) in [6.07, 6.45) is 2.08. The molecule has 0 amide bonds. The minimum absolute atomic E-state index is 0.00375.